The zero-order valence-corrected chi connectivity index (χ0v) is 19.5. The van der Waals surface area contributed by atoms with E-state index in [2.05, 4.69) is 5.32 Å². The van der Waals surface area contributed by atoms with Gasteiger partial charge in [-0.3, -0.25) is 9.59 Å². The molecule has 8 heteroatoms. The maximum atomic E-state index is 13.8. The van der Waals surface area contributed by atoms with Crippen LogP contribution in [-0.4, -0.2) is 23.2 Å². The third kappa shape index (κ3) is 5.40. The van der Waals surface area contributed by atoms with Crippen molar-refractivity contribution in [3.63, 3.8) is 0 Å². The summed E-state index contributed by atoms with van der Waals surface area (Å²) in [7, 11) is 0. The van der Waals surface area contributed by atoms with Gasteiger partial charge in [0.1, 0.15) is 0 Å². The normalized spacial score (nSPS) is 18.1. The predicted octanol–water partition coefficient (Wildman–Crippen LogP) is 6.72. The molecule has 182 valence electrons. The number of fused-ring (bicyclic) bond motifs is 1. The SMILES string of the molecule is C[C@H]([C@@H](C(=O)Nc1cc([C@@H](CC(=O)O)C2CC2)ccc1Cl)c1ccc2c(c1)CCC2)C(F)(F)F. The molecule has 2 aromatic rings. The number of aryl methyl sites for hydroxylation is 2. The minimum atomic E-state index is -4.56. The molecule has 4 rings (SSSR count). The Morgan fingerprint density at radius 2 is 1.76 bits per heavy atom. The van der Waals surface area contributed by atoms with Crippen molar-refractivity contribution in [3.8, 4) is 0 Å². The number of carboxylic acid groups (broad SMARTS) is 1. The quantitative estimate of drug-likeness (QED) is 0.429. The molecule has 2 aliphatic rings. The summed E-state index contributed by atoms with van der Waals surface area (Å²) in [5, 5.41) is 12.1. The van der Waals surface area contributed by atoms with Crippen molar-refractivity contribution in [3.05, 3.63) is 63.7 Å². The Morgan fingerprint density at radius 1 is 1.09 bits per heavy atom. The molecule has 0 aliphatic heterocycles. The van der Waals surface area contributed by atoms with Gasteiger partial charge in [0.15, 0.2) is 0 Å². The zero-order chi connectivity index (χ0) is 24.6. The van der Waals surface area contributed by atoms with Gasteiger partial charge >= 0.3 is 12.1 Å². The van der Waals surface area contributed by atoms with E-state index in [9.17, 15) is 27.9 Å². The first-order valence-electron chi connectivity index (χ1n) is 11.5. The van der Waals surface area contributed by atoms with Crippen LogP contribution in [0.3, 0.4) is 0 Å². The molecule has 0 saturated heterocycles. The van der Waals surface area contributed by atoms with Gasteiger partial charge in [-0.2, -0.15) is 13.2 Å². The molecule has 0 unspecified atom stereocenters. The van der Waals surface area contributed by atoms with Crippen LogP contribution in [0.4, 0.5) is 18.9 Å². The smallest absolute Gasteiger partial charge is 0.392 e. The standard InChI is InChI=1S/C26H27ClF3NO3/c1-14(26(28,29)30)24(19-8-5-15-3-2-4-17(15)11-19)25(34)31-22-12-18(9-10-21(22)27)20(13-23(32)33)16-6-7-16/h5,8-12,14,16,20,24H,2-4,6-7,13H2,1H3,(H,31,34)(H,32,33)/t14-,20+,24-/m1/s1. The second-order valence-corrected chi connectivity index (χ2v) is 9.87. The molecule has 3 atom stereocenters. The van der Waals surface area contributed by atoms with Crippen LogP contribution in [0, 0.1) is 11.8 Å². The maximum absolute atomic E-state index is 13.8. The van der Waals surface area contributed by atoms with Crippen molar-refractivity contribution < 1.29 is 27.9 Å². The van der Waals surface area contributed by atoms with Crippen LogP contribution in [-0.2, 0) is 22.4 Å². The fraction of sp³-hybridized carbons (Fsp3) is 0.462. The van der Waals surface area contributed by atoms with Crippen molar-refractivity contribution in [1.82, 2.24) is 0 Å². The fourth-order valence-corrected chi connectivity index (χ4v) is 5.13. The average molecular weight is 494 g/mol. The number of rotatable bonds is 8. The van der Waals surface area contributed by atoms with E-state index in [4.69, 9.17) is 11.6 Å². The summed E-state index contributed by atoms with van der Waals surface area (Å²) < 4.78 is 41.3. The number of benzene rings is 2. The van der Waals surface area contributed by atoms with Gasteiger partial charge in [-0.25, -0.2) is 0 Å². The molecule has 1 saturated carbocycles. The monoisotopic (exact) mass is 493 g/mol. The molecule has 4 nitrogen and oxygen atoms in total. The maximum Gasteiger partial charge on any atom is 0.392 e. The third-order valence-electron chi connectivity index (χ3n) is 7.04. The number of aliphatic carboxylic acids is 1. The highest BCUT2D eigenvalue weighted by Crippen LogP contribution is 2.46. The molecule has 0 aromatic heterocycles. The van der Waals surface area contributed by atoms with Gasteiger partial charge in [0.05, 0.1) is 29.0 Å². The van der Waals surface area contributed by atoms with Crippen molar-refractivity contribution in [2.45, 2.75) is 63.5 Å². The topological polar surface area (TPSA) is 66.4 Å². The van der Waals surface area contributed by atoms with Gasteiger partial charge in [0, 0.05) is 0 Å². The van der Waals surface area contributed by atoms with E-state index >= 15 is 0 Å². The number of halogens is 4. The minimum Gasteiger partial charge on any atom is -0.481 e. The first-order valence-corrected chi connectivity index (χ1v) is 11.9. The van der Waals surface area contributed by atoms with E-state index in [1.807, 2.05) is 6.07 Å². The Balaban J connectivity index is 1.64. The van der Waals surface area contributed by atoms with E-state index < -0.39 is 29.9 Å². The lowest BCUT2D eigenvalue weighted by molar-refractivity contribution is -0.178. The second kappa shape index (κ2) is 9.61. The number of carboxylic acids is 1. The minimum absolute atomic E-state index is 0.0530. The summed E-state index contributed by atoms with van der Waals surface area (Å²) in [6, 6.07) is 10.0. The summed E-state index contributed by atoms with van der Waals surface area (Å²) in [6.07, 6.45) is -0.142. The van der Waals surface area contributed by atoms with Crippen LogP contribution in [0.5, 0.6) is 0 Å². The Bertz CT molecular complexity index is 1100. The van der Waals surface area contributed by atoms with Gasteiger partial charge < -0.3 is 10.4 Å². The van der Waals surface area contributed by atoms with Crippen LogP contribution in [0.1, 0.15) is 66.7 Å². The largest absolute Gasteiger partial charge is 0.481 e. The molecule has 1 fully saturated rings. The average Bonchev–Trinajstić information content (AvgIpc) is 3.50. The molecule has 2 N–H and O–H groups in total. The fourth-order valence-electron chi connectivity index (χ4n) is 4.96. The highest BCUT2D eigenvalue weighted by molar-refractivity contribution is 6.33. The molecule has 34 heavy (non-hydrogen) atoms. The number of hydrogen-bond donors (Lipinski definition) is 2. The molecule has 0 heterocycles. The van der Waals surface area contributed by atoms with Crippen LogP contribution in [0.15, 0.2) is 36.4 Å². The predicted molar refractivity (Wildman–Crippen MR) is 124 cm³/mol. The van der Waals surface area contributed by atoms with Crippen LogP contribution >= 0.6 is 11.6 Å². The third-order valence-corrected chi connectivity index (χ3v) is 7.37. The Morgan fingerprint density at radius 3 is 2.41 bits per heavy atom. The number of hydrogen-bond acceptors (Lipinski definition) is 2. The van der Waals surface area contributed by atoms with E-state index in [0.29, 0.717) is 11.1 Å². The lowest BCUT2D eigenvalue weighted by atomic mass is 9.84. The van der Waals surface area contributed by atoms with E-state index in [1.54, 1.807) is 30.3 Å². The summed E-state index contributed by atoms with van der Waals surface area (Å²) in [6.45, 7) is 1.02. The molecule has 2 aromatic carbocycles. The summed E-state index contributed by atoms with van der Waals surface area (Å²) >= 11 is 6.29. The van der Waals surface area contributed by atoms with Gasteiger partial charge in [-0.15, -0.1) is 0 Å². The number of anilines is 1. The number of alkyl halides is 3. The molecule has 0 bridgehead atoms. The molecule has 0 radical (unpaired) electrons. The molecule has 0 spiro atoms. The van der Waals surface area contributed by atoms with Crippen molar-refractivity contribution >= 4 is 29.2 Å². The van der Waals surface area contributed by atoms with Crippen LogP contribution in [0.25, 0.3) is 0 Å². The molecular formula is C26H27ClF3NO3. The van der Waals surface area contributed by atoms with Gasteiger partial charge in [0.25, 0.3) is 0 Å². The Hall–Kier alpha value is -2.54. The summed E-state index contributed by atoms with van der Waals surface area (Å²) in [5.41, 5.74) is 3.34. The van der Waals surface area contributed by atoms with E-state index in [0.717, 1.165) is 50.2 Å². The first kappa shape index (κ1) is 24.6. The summed E-state index contributed by atoms with van der Waals surface area (Å²) in [5.74, 6) is -5.04. The molecular weight excluding hydrogens is 467 g/mol. The Labute approximate surface area is 201 Å². The zero-order valence-electron chi connectivity index (χ0n) is 18.8. The van der Waals surface area contributed by atoms with Crippen molar-refractivity contribution in [2.75, 3.05) is 5.32 Å². The highest BCUT2D eigenvalue weighted by Gasteiger charge is 2.45. The lowest BCUT2D eigenvalue weighted by Gasteiger charge is -2.26. The van der Waals surface area contributed by atoms with Crippen molar-refractivity contribution in [2.24, 2.45) is 11.8 Å². The van der Waals surface area contributed by atoms with Crippen LogP contribution in [0.2, 0.25) is 5.02 Å². The number of carbonyl (C=O) groups is 2. The lowest BCUT2D eigenvalue weighted by Crippen LogP contribution is -2.34. The summed E-state index contributed by atoms with van der Waals surface area (Å²) in [4.78, 5) is 24.6. The molecule has 1 amide bonds. The number of amides is 1. The number of carbonyl (C=O) groups excluding carboxylic acids is 1. The van der Waals surface area contributed by atoms with Crippen molar-refractivity contribution in [1.29, 1.82) is 0 Å². The first-order chi connectivity index (χ1) is 16.0. The van der Waals surface area contributed by atoms with Gasteiger partial charge in [-0.05, 0) is 78.3 Å². The van der Waals surface area contributed by atoms with E-state index in [1.165, 1.54) is 0 Å². The Kier molecular flexibility index (Phi) is 6.94. The highest BCUT2D eigenvalue weighted by atomic mass is 35.5. The van der Waals surface area contributed by atoms with Crippen LogP contribution < -0.4 is 5.32 Å². The molecule has 2 aliphatic carbocycles. The van der Waals surface area contributed by atoms with Gasteiger partial charge in [-0.1, -0.05) is 42.8 Å². The second-order valence-electron chi connectivity index (χ2n) is 9.46. The number of nitrogens with one attached hydrogen (secondary N) is 1. The van der Waals surface area contributed by atoms with Gasteiger partial charge in [0.2, 0.25) is 5.91 Å². The van der Waals surface area contributed by atoms with E-state index in [-0.39, 0.29) is 29.0 Å².